The number of nitrogens with zero attached hydrogens (tertiary/aromatic N) is 1. The summed E-state index contributed by atoms with van der Waals surface area (Å²) in [5.74, 6) is 0. The molecule has 1 aromatic carbocycles. The molecule has 2 rings (SSSR count). The van der Waals surface area contributed by atoms with Crippen LogP contribution in [-0.2, 0) is 0 Å². The van der Waals surface area contributed by atoms with E-state index in [4.69, 9.17) is 0 Å². The van der Waals surface area contributed by atoms with Crippen LogP contribution in [0.1, 0.15) is 25.8 Å². The predicted octanol–water partition coefficient (Wildman–Crippen LogP) is 2.48. The molecule has 3 heteroatoms. The van der Waals surface area contributed by atoms with Crippen molar-refractivity contribution in [2.75, 3.05) is 38.0 Å². The summed E-state index contributed by atoms with van der Waals surface area (Å²) in [6.45, 7) is 12.4. The molecule has 0 saturated carbocycles. The molecule has 2 N–H and O–H groups in total. The number of piperazine rings is 1. The third-order valence-electron chi connectivity index (χ3n) is 4.06. The maximum absolute atomic E-state index is 3.54. The molecule has 1 aromatic rings. The zero-order valence-corrected chi connectivity index (χ0v) is 12.5. The second-order valence-corrected chi connectivity index (χ2v) is 6.10. The highest BCUT2D eigenvalue weighted by Crippen LogP contribution is 2.19. The van der Waals surface area contributed by atoms with E-state index in [2.05, 4.69) is 60.6 Å². The van der Waals surface area contributed by atoms with Crippen molar-refractivity contribution in [3.05, 3.63) is 29.8 Å². The zero-order chi connectivity index (χ0) is 13.7. The second kappa shape index (κ2) is 6.40. The van der Waals surface area contributed by atoms with E-state index in [0.717, 1.165) is 32.7 Å². The fourth-order valence-corrected chi connectivity index (χ4v) is 2.70. The lowest BCUT2D eigenvalue weighted by Gasteiger charge is -2.41. The van der Waals surface area contributed by atoms with E-state index in [-0.39, 0.29) is 5.54 Å². The minimum absolute atomic E-state index is 0.277. The van der Waals surface area contributed by atoms with Gasteiger partial charge in [-0.15, -0.1) is 0 Å². The van der Waals surface area contributed by atoms with Crippen molar-refractivity contribution >= 4 is 5.69 Å². The van der Waals surface area contributed by atoms with Crippen molar-refractivity contribution in [3.8, 4) is 0 Å². The summed E-state index contributed by atoms with van der Waals surface area (Å²) in [6.07, 6.45) is 1.17. The highest BCUT2D eigenvalue weighted by Gasteiger charge is 2.27. The Labute approximate surface area is 117 Å². The molecular formula is C16H27N3. The highest BCUT2D eigenvalue weighted by molar-refractivity contribution is 5.45. The Bertz CT molecular complexity index is 395. The summed E-state index contributed by atoms with van der Waals surface area (Å²) in [5.41, 5.74) is 2.82. The first kappa shape index (κ1) is 14.4. The van der Waals surface area contributed by atoms with Gasteiger partial charge in [0.15, 0.2) is 0 Å². The average molecular weight is 261 g/mol. The maximum atomic E-state index is 3.54. The summed E-state index contributed by atoms with van der Waals surface area (Å²) in [6, 6.07) is 8.59. The van der Waals surface area contributed by atoms with Crippen molar-refractivity contribution in [3.63, 3.8) is 0 Å². The van der Waals surface area contributed by atoms with Crippen molar-refractivity contribution in [1.82, 2.24) is 10.2 Å². The molecule has 0 radical (unpaired) electrons. The third-order valence-corrected chi connectivity index (χ3v) is 4.06. The number of rotatable bonds is 5. The summed E-state index contributed by atoms with van der Waals surface area (Å²) >= 11 is 0. The first-order valence-corrected chi connectivity index (χ1v) is 7.34. The van der Waals surface area contributed by atoms with Crippen molar-refractivity contribution in [2.24, 2.45) is 0 Å². The van der Waals surface area contributed by atoms with Crippen LogP contribution < -0.4 is 10.6 Å². The molecule has 1 aliphatic heterocycles. The van der Waals surface area contributed by atoms with Gasteiger partial charge in [0.25, 0.3) is 0 Å². The smallest absolute Gasteiger partial charge is 0.0342 e. The van der Waals surface area contributed by atoms with Gasteiger partial charge in [-0.1, -0.05) is 12.1 Å². The van der Waals surface area contributed by atoms with Crippen LogP contribution in [0, 0.1) is 6.92 Å². The van der Waals surface area contributed by atoms with Crippen molar-refractivity contribution < 1.29 is 0 Å². The first-order valence-electron chi connectivity index (χ1n) is 7.34. The van der Waals surface area contributed by atoms with Gasteiger partial charge in [-0.2, -0.15) is 0 Å². The van der Waals surface area contributed by atoms with Crippen LogP contribution in [-0.4, -0.2) is 43.2 Å². The fraction of sp³-hybridized carbons (Fsp3) is 0.625. The van der Waals surface area contributed by atoms with Gasteiger partial charge in [0.05, 0.1) is 0 Å². The molecule has 1 fully saturated rings. The van der Waals surface area contributed by atoms with Gasteiger partial charge < -0.3 is 10.6 Å². The highest BCUT2D eigenvalue weighted by atomic mass is 15.2. The lowest BCUT2D eigenvalue weighted by Crippen LogP contribution is -2.53. The normalized spacial score (nSPS) is 17.4. The van der Waals surface area contributed by atoms with E-state index >= 15 is 0 Å². The second-order valence-electron chi connectivity index (χ2n) is 6.10. The van der Waals surface area contributed by atoms with E-state index in [1.54, 1.807) is 0 Å². The van der Waals surface area contributed by atoms with Crippen LogP contribution >= 0.6 is 0 Å². The molecule has 1 saturated heterocycles. The largest absolute Gasteiger partial charge is 0.385 e. The van der Waals surface area contributed by atoms with Gasteiger partial charge in [-0.3, -0.25) is 4.90 Å². The van der Waals surface area contributed by atoms with E-state index in [9.17, 15) is 0 Å². The Morgan fingerprint density at radius 3 is 2.68 bits per heavy atom. The van der Waals surface area contributed by atoms with Crippen LogP contribution in [0.25, 0.3) is 0 Å². The lowest BCUT2D eigenvalue weighted by molar-refractivity contribution is 0.0987. The number of aryl methyl sites for hydroxylation is 1. The van der Waals surface area contributed by atoms with Gasteiger partial charge in [0.1, 0.15) is 0 Å². The van der Waals surface area contributed by atoms with E-state index in [0.29, 0.717) is 0 Å². The van der Waals surface area contributed by atoms with E-state index < -0.39 is 0 Å². The van der Waals surface area contributed by atoms with Crippen LogP contribution in [0.3, 0.4) is 0 Å². The number of anilines is 1. The van der Waals surface area contributed by atoms with Crippen molar-refractivity contribution in [2.45, 2.75) is 32.7 Å². The number of hydrogen-bond acceptors (Lipinski definition) is 3. The Balaban J connectivity index is 1.80. The van der Waals surface area contributed by atoms with Gasteiger partial charge in [-0.25, -0.2) is 0 Å². The monoisotopic (exact) mass is 261 g/mol. The molecule has 1 aliphatic rings. The van der Waals surface area contributed by atoms with Crippen molar-refractivity contribution in [1.29, 1.82) is 0 Å². The van der Waals surface area contributed by atoms with Crippen LogP contribution in [0.15, 0.2) is 24.3 Å². The van der Waals surface area contributed by atoms with Crippen LogP contribution in [0.2, 0.25) is 0 Å². The third kappa shape index (κ3) is 4.22. The van der Waals surface area contributed by atoms with Crippen LogP contribution in [0.4, 0.5) is 5.69 Å². The molecule has 0 aromatic heterocycles. The topological polar surface area (TPSA) is 27.3 Å². The summed E-state index contributed by atoms with van der Waals surface area (Å²) in [4.78, 5) is 2.60. The van der Waals surface area contributed by atoms with Crippen LogP contribution in [0.5, 0.6) is 0 Å². The lowest BCUT2D eigenvalue weighted by atomic mass is 9.97. The molecule has 0 bridgehead atoms. The molecule has 1 heterocycles. The van der Waals surface area contributed by atoms with Gasteiger partial charge in [-0.05, 0) is 44.9 Å². The molecule has 19 heavy (non-hydrogen) atoms. The molecular weight excluding hydrogens is 234 g/mol. The molecule has 0 atom stereocenters. The average Bonchev–Trinajstić information content (AvgIpc) is 2.40. The fourth-order valence-electron chi connectivity index (χ4n) is 2.70. The Hall–Kier alpha value is -1.06. The Morgan fingerprint density at radius 1 is 1.26 bits per heavy atom. The number of hydrogen-bond donors (Lipinski definition) is 2. The quantitative estimate of drug-likeness (QED) is 0.852. The standard InChI is InChI=1S/C16H27N3/c1-14-5-4-6-15(13-14)18-8-7-16(2,3)19-11-9-17-10-12-19/h4-6,13,17-18H,7-12H2,1-3H3. The molecule has 0 spiro atoms. The summed E-state index contributed by atoms with van der Waals surface area (Å²) in [7, 11) is 0. The van der Waals surface area contributed by atoms with E-state index in [1.807, 2.05) is 0 Å². The minimum Gasteiger partial charge on any atom is -0.385 e. The predicted molar refractivity (Wildman–Crippen MR) is 82.8 cm³/mol. The molecule has 3 nitrogen and oxygen atoms in total. The minimum atomic E-state index is 0.277. The van der Waals surface area contributed by atoms with E-state index in [1.165, 1.54) is 17.7 Å². The Kier molecular flexibility index (Phi) is 4.83. The first-order chi connectivity index (χ1) is 9.08. The van der Waals surface area contributed by atoms with Gasteiger partial charge >= 0.3 is 0 Å². The van der Waals surface area contributed by atoms with Gasteiger partial charge in [0.2, 0.25) is 0 Å². The summed E-state index contributed by atoms with van der Waals surface area (Å²) in [5, 5.41) is 6.96. The zero-order valence-electron chi connectivity index (χ0n) is 12.5. The summed E-state index contributed by atoms with van der Waals surface area (Å²) < 4.78 is 0. The molecule has 106 valence electrons. The Morgan fingerprint density at radius 2 is 2.00 bits per heavy atom. The molecule has 0 amide bonds. The SMILES string of the molecule is Cc1cccc(NCCC(C)(C)N2CCNCC2)c1. The maximum Gasteiger partial charge on any atom is 0.0342 e. The molecule has 0 unspecified atom stereocenters. The number of nitrogens with one attached hydrogen (secondary N) is 2. The number of benzene rings is 1. The van der Waals surface area contributed by atoms with Gasteiger partial charge in [0, 0.05) is 44.0 Å². The molecule has 0 aliphatic carbocycles.